The number of rotatable bonds is 3. The highest BCUT2D eigenvalue weighted by Gasteiger charge is 2.16. The molecule has 0 fully saturated rings. The molecule has 1 heterocycles. The Morgan fingerprint density at radius 3 is 2.68 bits per heavy atom. The quantitative estimate of drug-likeness (QED) is 0.880. The van der Waals surface area contributed by atoms with Gasteiger partial charge in [0, 0.05) is 24.7 Å². The molecule has 0 spiro atoms. The van der Waals surface area contributed by atoms with Gasteiger partial charge in [-0.25, -0.2) is 4.79 Å². The van der Waals surface area contributed by atoms with Crippen LogP contribution in [0.5, 0.6) is 5.75 Å². The Morgan fingerprint density at radius 1 is 1.37 bits per heavy atom. The van der Waals surface area contributed by atoms with E-state index in [4.69, 9.17) is 9.47 Å². The number of carbonyl (C=O) groups is 1. The molecule has 0 radical (unpaired) electrons. The number of aromatic nitrogens is 1. The van der Waals surface area contributed by atoms with Crippen LogP contribution >= 0.6 is 15.9 Å². The second-order valence-corrected chi connectivity index (χ2v) is 4.65. The topological polar surface area (TPSA) is 60.5 Å². The van der Waals surface area contributed by atoms with E-state index in [2.05, 4.69) is 26.2 Å². The van der Waals surface area contributed by atoms with E-state index in [1.165, 1.54) is 13.3 Å². The summed E-state index contributed by atoms with van der Waals surface area (Å²) in [6.07, 6.45) is 1.49. The molecule has 5 nitrogen and oxygen atoms in total. The summed E-state index contributed by atoms with van der Waals surface area (Å²) in [4.78, 5) is 16.0. The molecule has 2 aromatic rings. The Hall–Kier alpha value is -1.82. The van der Waals surface area contributed by atoms with Crippen LogP contribution in [0.25, 0.3) is 10.9 Å². The van der Waals surface area contributed by atoms with Crippen molar-refractivity contribution in [3.05, 3.63) is 28.4 Å². The third-order valence-electron chi connectivity index (χ3n) is 2.80. The minimum Gasteiger partial charge on any atom is -0.495 e. The second kappa shape index (κ2) is 5.44. The van der Waals surface area contributed by atoms with Crippen LogP contribution in [-0.2, 0) is 4.74 Å². The Bertz CT molecular complexity index is 643. The number of nitrogens with one attached hydrogen (secondary N) is 1. The van der Waals surface area contributed by atoms with Crippen molar-refractivity contribution in [2.45, 2.75) is 0 Å². The van der Waals surface area contributed by atoms with E-state index in [1.54, 1.807) is 20.2 Å². The zero-order valence-electron chi connectivity index (χ0n) is 10.8. The summed E-state index contributed by atoms with van der Waals surface area (Å²) in [6, 6.07) is 3.67. The molecule has 0 atom stereocenters. The van der Waals surface area contributed by atoms with Crippen LogP contribution in [0, 0.1) is 0 Å². The van der Waals surface area contributed by atoms with E-state index in [9.17, 15) is 4.79 Å². The molecule has 100 valence electrons. The summed E-state index contributed by atoms with van der Waals surface area (Å²) in [5, 5.41) is 3.83. The Balaban J connectivity index is 2.75. The lowest BCUT2D eigenvalue weighted by molar-refractivity contribution is 0.0601. The van der Waals surface area contributed by atoms with E-state index >= 15 is 0 Å². The number of ether oxygens (including phenoxy) is 2. The molecule has 1 aromatic carbocycles. The van der Waals surface area contributed by atoms with Gasteiger partial charge in [0.25, 0.3) is 0 Å². The van der Waals surface area contributed by atoms with Gasteiger partial charge >= 0.3 is 5.97 Å². The number of fused-ring (bicyclic) bond motifs is 1. The molecule has 2 rings (SSSR count). The molecule has 0 saturated heterocycles. The van der Waals surface area contributed by atoms with Crippen LogP contribution in [0.15, 0.2) is 22.8 Å². The molecular formula is C13H13BrN2O3. The van der Waals surface area contributed by atoms with Crippen LogP contribution in [0.4, 0.5) is 5.69 Å². The van der Waals surface area contributed by atoms with Crippen LogP contribution in [0.1, 0.15) is 10.4 Å². The van der Waals surface area contributed by atoms with Crippen LogP contribution < -0.4 is 10.1 Å². The van der Waals surface area contributed by atoms with Crippen molar-refractivity contribution in [3.63, 3.8) is 0 Å². The minimum atomic E-state index is -0.425. The van der Waals surface area contributed by atoms with Crippen LogP contribution in [0.2, 0.25) is 0 Å². The first-order chi connectivity index (χ1) is 9.12. The van der Waals surface area contributed by atoms with Crippen molar-refractivity contribution in [1.29, 1.82) is 0 Å². The zero-order chi connectivity index (χ0) is 14.0. The number of hydrogen-bond acceptors (Lipinski definition) is 5. The number of carbonyl (C=O) groups excluding carboxylic acids is 1. The SMILES string of the molecule is CNc1c(C(=O)OC)cnc2cc(OC)c(Br)cc12. The lowest BCUT2D eigenvalue weighted by Crippen LogP contribution is -2.07. The largest absolute Gasteiger partial charge is 0.495 e. The molecular weight excluding hydrogens is 312 g/mol. The first-order valence-electron chi connectivity index (χ1n) is 5.54. The van der Waals surface area contributed by atoms with Crippen molar-refractivity contribution in [2.75, 3.05) is 26.6 Å². The first-order valence-corrected chi connectivity index (χ1v) is 6.34. The highest BCUT2D eigenvalue weighted by atomic mass is 79.9. The molecule has 1 N–H and O–H groups in total. The fourth-order valence-corrected chi connectivity index (χ4v) is 2.39. The van der Waals surface area contributed by atoms with Crippen molar-refractivity contribution in [2.24, 2.45) is 0 Å². The molecule has 0 amide bonds. The number of nitrogens with zero attached hydrogens (tertiary/aromatic N) is 1. The molecule has 0 unspecified atom stereocenters. The fourth-order valence-electron chi connectivity index (χ4n) is 1.88. The summed E-state index contributed by atoms with van der Waals surface area (Å²) in [5.74, 6) is 0.263. The molecule has 19 heavy (non-hydrogen) atoms. The third kappa shape index (κ3) is 2.35. The van der Waals surface area contributed by atoms with E-state index in [1.807, 2.05) is 6.07 Å². The molecule has 0 saturated carbocycles. The van der Waals surface area contributed by atoms with E-state index in [0.29, 0.717) is 17.0 Å². The van der Waals surface area contributed by atoms with Gasteiger partial charge in [0.2, 0.25) is 0 Å². The van der Waals surface area contributed by atoms with Gasteiger partial charge in [-0.1, -0.05) is 0 Å². The minimum absolute atomic E-state index is 0.398. The maximum Gasteiger partial charge on any atom is 0.341 e. The number of benzene rings is 1. The molecule has 0 bridgehead atoms. The lowest BCUT2D eigenvalue weighted by atomic mass is 10.1. The maximum atomic E-state index is 11.7. The van der Waals surface area contributed by atoms with Crippen molar-refractivity contribution < 1.29 is 14.3 Å². The van der Waals surface area contributed by atoms with E-state index < -0.39 is 5.97 Å². The lowest BCUT2D eigenvalue weighted by Gasteiger charge is -2.12. The van der Waals surface area contributed by atoms with Crippen molar-refractivity contribution >= 4 is 38.5 Å². The van der Waals surface area contributed by atoms with Crippen LogP contribution in [0.3, 0.4) is 0 Å². The van der Waals surface area contributed by atoms with Crippen molar-refractivity contribution in [3.8, 4) is 5.75 Å². The summed E-state index contributed by atoms with van der Waals surface area (Å²) in [6.45, 7) is 0. The average molecular weight is 325 g/mol. The van der Waals surface area contributed by atoms with Gasteiger partial charge in [-0.05, 0) is 22.0 Å². The number of methoxy groups -OCH3 is 2. The van der Waals surface area contributed by atoms with Gasteiger partial charge in [-0.3, -0.25) is 4.98 Å². The number of anilines is 1. The van der Waals surface area contributed by atoms with E-state index in [0.717, 1.165) is 15.4 Å². The van der Waals surface area contributed by atoms with E-state index in [-0.39, 0.29) is 0 Å². The van der Waals surface area contributed by atoms with Gasteiger partial charge in [0.05, 0.1) is 29.9 Å². The zero-order valence-corrected chi connectivity index (χ0v) is 12.4. The Kier molecular flexibility index (Phi) is 3.90. The second-order valence-electron chi connectivity index (χ2n) is 3.79. The van der Waals surface area contributed by atoms with Gasteiger partial charge in [0.1, 0.15) is 11.3 Å². The number of pyridine rings is 1. The molecule has 0 aliphatic carbocycles. The predicted molar refractivity (Wildman–Crippen MR) is 76.9 cm³/mol. The summed E-state index contributed by atoms with van der Waals surface area (Å²) in [5.41, 5.74) is 1.81. The number of halogens is 1. The molecule has 0 aliphatic heterocycles. The standard InChI is InChI=1S/C13H13BrN2O3/c1-15-12-7-4-9(14)11(18-2)5-10(7)16-6-8(12)13(17)19-3/h4-6H,1-3H3,(H,15,16). The van der Waals surface area contributed by atoms with Gasteiger partial charge in [-0.15, -0.1) is 0 Å². The summed E-state index contributed by atoms with van der Waals surface area (Å²) in [7, 11) is 4.68. The number of esters is 1. The highest BCUT2D eigenvalue weighted by Crippen LogP contribution is 2.34. The summed E-state index contributed by atoms with van der Waals surface area (Å²) >= 11 is 3.42. The molecule has 0 aliphatic rings. The first kappa shape index (κ1) is 13.6. The predicted octanol–water partition coefficient (Wildman–Crippen LogP) is 2.83. The monoisotopic (exact) mass is 324 g/mol. The Morgan fingerprint density at radius 2 is 2.11 bits per heavy atom. The Labute approximate surface area is 119 Å². The fraction of sp³-hybridized carbons (Fsp3) is 0.231. The number of hydrogen-bond donors (Lipinski definition) is 1. The smallest absolute Gasteiger partial charge is 0.341 e. The van der Waals surface area contributed by atoms with Gasteiger partial charge in [0.15, 0.2) is 0 Å². The van der Waals surface area contributed by atoms with Crippen LogP contribution in [-0.4, -0.2) is 32.2 Å². The van der Waals surface area contributed by atoms with Crippen molar-refractivity contribution in [1.82, 2.24) is 4.98 Å². The average Bonchev–Trinajstić information content (AvgIpc) is 2.44. The molecule has 6 heteroatoms. The summed E-state index contributed by atoms with van der Waals surface area (Å²) < 4.78 is 10.8. The van der Waals surface area contributed by atoms with Gasteiger partial charge in [-0.2, -0.15) is 0 Å². The van der Waals surface area contributed by atoms with Gasteiger partial charge < -0.3 is 14.8 Å². The normalized spacial score (nSPS) is 10.3. The maximum absolute atomic E-state index is 11.7. The highest BCUT2D eigenvalue weighted by molar-refractivity contribution is 9.10. The third-order valence-corrected chi connectivity index (χ3v) is 3.42. The molecule has 1 aromatic heterocycles.